The number of hydrogen-bond donors (Lipinski definition) is 2. The van der Waals surface area contributed by atoms with Crippen molar-refractivity contribution in [2.24, 2.45) is 29.1 Å². The average molecular weight is 786 g/mol. The maximum atomic E-state index is 14.3. The van der Waals surface area contributed by atoms with Gasteiger partial charge in [0.15, 0.2) is 11.6 Å². The molecule has 2 unspecified atom stereocenters. The summed E-state index contributed by atoms with van der Waals surface area (Å²) in [6.45, 7) is 11.2. The first-order valence-electron chi connectivity index (χ1n) is 22.1. The number of carbonyl (C=O) groups excluding carboxylic acids is 5. The van der Waals surface area contributed by atoms with E-state index in [2.05, 4.69) is 29.6 Å². The van der Waals surface area contributed by atoms with E-state index in [1.165, 1.54) is 25.7 Å². The SMILES string of the molecule is CC(C)CC(NC(=O)C(CC(=O)[C@H](CC(C)C)NC(=O)[C@H](CCc1ccccc1)CC(=O)CCCCCCCCCN(C)C)Cc1ccccc1)C(=O)C1(C)CC1. The minimum absolute atomic E-state index is 0.0679. The van der Waals surface area contributed by atoms with Crippen molar-refractivity contribution < 1.29 is 24.0 Å². The molecule has 1 aliphatic rings. The van der Waals surface area contributed by atoms with Crippen molar-refractivity contribution in [2.45, 2.75) is 156 Å². The van der Waals surface area contributed by atoms with Crippen LogP contribution in [0.1, 0.15) is 142 Å². The highest BCUT2D eigenvalue weighted by Crippen LogP contribution is 2.47. The van der Waals surface area contributed by atoms with Crippen LogP contribution in [0.3, 0.4) is 0 Å². The Labute approximate surface area is 345 Å². The van der Waals surface area contributed by atoms with Gasteiger partial charge in [0, 0.05) is 36.5 Å². The van der Waals surface area contributed by atoms with Gasteiger partial charge in [-0.3, -0.25) is 24.0 Å². The second-order valence-electron chi connectivity index (χ2n) is 18.4. The largest absolute Gasteiger partial charge is 0.346 e. The van der Waals surface area contributed by atoms with Crippen molar-refractivity contribution in [1.29, 1.82) is 0 Å². The van der Waals surface area contributed by atoms with Gasteiger partial charge in [-0.15, -0.1) is 0 Å². The zero-order valence-corrected chi connectivity index (χ0v) is 36.5. The molecule has 0 bridgehead atoms. The van der Waals surface area contributed by atoms with Crippen molar-refractivity contribution in [3.63, 3.8) is 0 Å². The monoisotopic (exact) mass is 786 g/mol. The maximum Gasteiger partial charge on any atom is 0.224 e. The predicted octanol–water partition coefficient (Wildman–Crippen LogP) is 9.13. The third-order valence-electron chi connectivity index (χ3n) is 11.5. The number of benzene rings is 2. The molecule has 0 aromatic heterocycles. The number of hydrogen-bond acceptors (Lipinski definition) is 6. The molecule has 0 aliphatic heterocycles. The summed E-state index contributed by atoms with van der Waals surface area (Å²) in [5, 5.41) is 6.17. The normalized spacial score (nSPS) is 15.5. The second kappa shape index (κ2) is 25.0. The Morgan fingerprint density at radius 1 is 0.649 bits per heavy atom. The van der Waals surface area contributed by atoms with Crippen LogP contribution in [0.2, 0.25) is 0 Å². The standard InChI is InChI=1S/C49H75N3O5/c1-36(2)31-43(45(54)35-41(33-39-23-17-14-18-24-39)48(57)51-44(32-37(3)4)46(55)49(5)28-29-49)50-47(56)40(27-26-38-21-15-13-16-22-38)34-42(53)25-19-11-9-8-10-12-20-30-52(6)7/h13-18,21-24,36-37,40-41,43-44H,8-12,19-20,25-35H2,1-7H3,(H,50,56)(H,51,57)/t40-,41?,43+,44?/m1/s1. The summed E-state index contributed by atoms with van der Waals surface area (Å²) >= 11 is 0. The first-order valence-corrected chi connectivity index (χ1v) is 22.1. The number of aryl methyl sites for hydroxylation is 1. The van der Waals surface area contributed by atoms with Gasteiger partial charge in [-0.2, -0.15) is 0 Å². The molecule has 4 atom stereocenters. The molecule has 0 heterocycles. The number of carbonyl (C=O) groups is 5. The first-order chi connectivity index (χ1) is 27.2. The Bertz CT molecular complexity index is 1520. The fourth-order valence-electron chi connectivity index (χ4n) is 7.74. The van der Waals surface area contributed by atoms with E-state index in [-0.39, 0.29) is 53.8 Å². The molecule has 8 heteroatoms. The molecule has 316 valence electrons. The van der Waals surface area contributed by atoms with E-state index in [4.69, 9.17) is 0 Å². The third-order valence-corrected chi connectivity index (χ3v) is 11.5. The number of Topliss-reactive ketones (excluding diaryl/α,β-unsaturated/α-hetero) is 3. The Balaban J connectivity index is 1.71. The van der Waals surface area contributed by atoms with E-state index < -0.39 is 29.3 Å². The summed E-state index contributed by atoms with van der Waals surface area (Å²) in [4.78, 5) is 71.6. The lowest BCUT2D eigenvalue weighted by Gasteiger charge is -2.27. The van der Waals surface area contributed by atoms with Crippen molar-refractivity contribution in [3.05, 3.63) is 71.8 Å². The minimum Gasteiger partial charge on any atom is -0.346 e. The smallest absolute Gasteiger partial charge is 0.224 e. The molecular weight excluding hydrogens is 711 g/mol. The number of rotatable bonds is 30. The first kappa shape index (κ1) is 47.7. The maximum absolute atomic E-state index is 14.3. The van der Waals surface area contributed by atoms with E-state index >= 15 is 0 Å². The Hall–Kier alpha value is -3.65. The number of amides is 2. The van der Waals surface area contributed by atoms with E-state index in [1.54, 1.807) is 0 Å². The molecule has 2 aromatic carbocycles. The molecule has 2 aromatic rings. The number of nitrogens with one attached hydrogen (secondary N) is 2. The molecule has 1 saturated carbocycles. The number of ketones is 3. The highest BCUT2D eigenvalue weighted by Gasteiger charge is 2.48. The number of nitrogens with zero attached hydrogens (tertiary/aromatic N) is 1. The second-order valence-corrected chi connectivity index (χ2v) is 18.4. The van der Waals surface area contributed by atoms with Gasteiger partial charge in [0.1, 0.15) is 5.78 Å². The van der Waals surface area contributed by atoms with E-state index in [0.717, 1.165) is 49.8 Å². The molecule has 57 heavy (non-hydrogen) atoms. The Morgan fingerprint density at radius 3 is 1.72 bits per heavy atom. The van der Waals surface area contributed by atoms with Crippen molar-refractivity contribution in [3.8, 4) is 0 Å². The average Bonchev–Trinajstić information content (AvgIpc) is 3.92. The molecule has 0 saturated heterocycles. The fraction of sp³-hybridized carbons (Fsp3) is 0.653. The Kier molecular flexibility index (Phi) is 20.9. The zero-order valence-electron chi connectivity index (χ0n) is 36.5. The summed E-state index contributed by atoms with van der Waals surface area (Å²) < 4.78 is 0. The topological polar surface area (TPSA) is 113 Å². The lowest BCUT2D eigenvalue weighted by molar-refractivity contribution is -0.135. The van der Waals surface area contributed by atoms with Crippen LogP contribution < -0.4 is 10.6 Å². The molecule has 2 N–H and O–H groups in total. The van der Waals surface area contributed by atoms with Gasteiger partial charge in [-0.25, -0.2) is 0 Å². The molecule has 0 radical (unpaired) electrons. The minimum atomic E-state index is -0.797. The van der Waals surface area contributed by atoms with Gasteiger partial charge in [0.05, 0.1) is 12.1 Å². The van der Waals surface area contributed by atoms with Gasteiger partial charge < -0.3 is 15.5 Å². The molecule has 1 fully saturated rings. The predicted molar refractivity (Wildman–Crippen MR) is 232 cm³/mol. The molecule has 1 aliphatic carbocycles. The molecule has 2 amide bonds. The molecule has 8 nitrogen and oxygen atoms in total. The van der Waals surface area contributed by atoms with Crippen LogP contribution in [-0.4, -0.2) is 66.8 Å². The zero-order chi connectivity index (χ0) is 41.8. The van der Waals surface area contributed by atoms with Gasteiger partial charge in [0.25, 0.3) is 0 Å². The van der Waals surface area contributed by atoms with Crippen LogP contribution in [0, 0.1) is 29.1 Å². The fourth-order valence-corrected chi connectivity index (χ4v) is 7.74. The lowest BCUT2D eigenvalue weighted by atomic mass is 9.87. The van der Waals surface area contributed by atoms with E-state index in [0.29, 0.717) is 38.5 Å². The third kappa shape index (κ3) is 18.7. The van der Waals surface area contributed by atoms with E-state index in [1.807, 2.05) is 95.3 Å². The van der Waals surface area contributed by atoms with Gasteiger partial charge >= 0.3 is 0 Å². The van der Waals surface area contributed by atoms with Crippen LogP contribution >= 0.6 is 0 Å². The quantitative estimate of drug-likeness (QED) is 0.0765. The Morgan fingerprint density at radius 2 is 1.16 bits per heavy atom. The van der Waals surface area contributed by atoms with Crippen LogP contribution in [-0.2, 0) is 36.8 Å². The molecular formula is C49H75N3O5. The number of unbranched alkanes of at least 4 members (excludes halogenated alkanes) is 6. The summed E-state index contributed by atoms with van der Waals surface area (Å²) in [5.74, 6) is -1.60. The van der Waals surface area contributed by atoms with Crippen molar-refractivity contribution in [1.82, 2.24) is 15.5 Å². The summed E-state index contributed by atoms with van der Waals surface area (Å²) in [7, 11) is 4.21. The van der Waals surface area contributed by atoms with Crippen LogP contribution in [0.25, 0.3) is 0 Å². The lowest BCUT2D eigenvalue weighted by Crippen LogP contribution is -2.49. The van der Waals surface area contributed by atoms with Gasteiger partial charge in [0.2, 0.25) is 11.8 Å². The molecule has 0 spiro atoms. The summed E-state index contributed by atoms with van der Waals surface area (Å²) in [5.41, 5.74) is 1.63. The van der Waals surface area contributed by atoms with Crippen LogP contribution in [0.15, 0.2) is 60.7 Å². The van der Waals surface area contributed by atoms with Gasteiger partial charge in [-0.05, 0) is 101 Å². The van der Waals surface area contributed by atoms with Crippen molar-refractivity contribution >= 4 is 29.2 Å². The highest BCUT2D eigenvalue weighted by molar-refractivity contribution is 5.97. The van der Waals surface area contributed by atoms with Gasteiger partial charge in [-0.1, -0.05) is 127 Å². The van der Waals surface area contributed by atoms with Crippen LogP contribution in [0.4, 0.5) is 0 Å². The molecule has 3 rings (SSSR count). The summed E-state index contributed by atoms with van der Waals surface area (Å²) in [6, 6.07) is 18.2. The van der Waals surface area contributed by atoms with E-state index in [9.17, 15) is 24.0 Å². The van der Waals surface area contributed by atoms with Crippen LogP contribution in [0.5, 0.6) is 0 Å². The van der Waals surface area contributed by atoms with Crippen molar-refractivity contribution in [2.75, 3.05) is 20.6 Å². The summed E-state index contributed by atoms with van der Waals surface area (Å²) in [6.07, 6.45) is 12.4. The highest BCUT2D eigenvalue weighted by atomic mass is 16.2.